The molecule has 0 bridgehead atoms. The van der Waals surface area contributed by atoms with Crippen LogP contribution < -0.4 is 5.73 Å². The molecule has 0 spiro atoms. The number of fused-ring (bicyclic) bond motifs is 1. The number of rotatable bonds is 5. The molecule has 1 amide bonds. The summed E-state index contributed by atoms with van der Waals surface area (Å²) >= 11 is 1.47. The summed E-state index contributed by atoms with van der Waals surface area (Å²) in [5.74, 6) is -0.600. The Morgan fingerprint density at radius 2 is 2.21 bits per heavy atom. The summed E-state index contributed by atoms with van der Waals surface area (Å²) in [5, 5.41) is 8.05. The van der Waals surface area contributed by atoms with E-state index in [0.29, 0.717) is 17.0 Å². The van der Waals surface area contributed by atoms with Crippen molar-refractivity contribution in [3.63, 3.8) is 0 Å². The Morgan fingerprint density at radius 3 is 3.00 bits per heavy atom. The third kappa shape index (κ3) is 3.41. The second-order valence-corrected chi connectivity index (χ2v) is 8.09. The fourth-order valence-corrected chi connectivity index (χ4v) is 5.11. The standard InChI is InChI=1S/C20H22N4O3S/c1-27-20(26)18-15(13-6-2-3-7-16(13)28-18)11-24-8-4-5-12(10-24)17-14(19(21)25)9-22-23-17/h2-3,6-7,9,12H,4-5,8,10-11H2,1H3,(H2,21,25)(H,22,23)/t12-/m0/s1. The molecule has 0 saturated carbocycles. The molecule has 0 radical (unpaired) electrons. The van der Waals surface area contributed by atoms with Crippen LogP contribution >= 0.6 is 11.3 Å². The molecule has 3 N–H and O–H groups in total. The maximum Gasteiger partial charge on any atom is 0.348 e. The summed E-state index contributed by atoms with van der Waals surface area (Å²) in [4.78, 5) is 27.0. The molecule has 1 saturated heterocycles. The number of hydrogen-bond donors (Lipinski definition) is 2. The maximum atomic E-state index is 12.3. The number of likely N-dealkylation sites (tertiary alicyclic amines) is 1. The number of piperidine rings is 1. The third-order valence-corrected chi connectivity index (χ3v) is 6.49. The van der Waals surface area contributed by atoms with Crippen LogP contribution in [0.4, 0.5) is 0 Å². The number of H-pyrrole nitrogens is 1. The van der Waals surface area contributed by atoms with E-state index in [1.165, 1.54) is 24.6 Å². The number of nitrogens with two attached hydrogens (primary N) is 1. The minimum absolute atomic E-state index is 0.158. The summed E-state index contributed by atoms with van der Waals surface area (Å²) in [6.07, 6.45) is 3.46. The number of amides is 1. The van der Waals surface area contributed by atoms with Crippen molar-refractivity contribution in [2.24, 2.45) is 5.73 Å². The molecule has 28 heavy (non-hydrogen) atoms. The Labute approximate surface area is 166 Å². The Morgan fingerprint density at radius 1 is 1.39 bits per heavy atom. The van der Waals surface area contributed by atoms with E-state index in [2.05, 4.69) is 21.2 Å². The molecule has 1 fully saturated rings. The lowest BCUT2D eigenvalue weighted by Gasteiger charge is -2.32. The number of ether oxygens (including phenoxy) is 1. The van der Waals surface area contributed by atoms with Gasteiger partial charge in [0.15, 0.2) is 0 Å². The highest BCUT2D eigenvalue weighted by molar-refractivity contribution is 7.21. The second-order valence-electron chi connectivity index (χ2n) is 7.03. The van der Waals surface area contributed by atoms with Gasteiger partial charge in [0.1, 0.15) is 4.88 Å². The molecule has 8 heteroatoms. The monoisotopic (exact) mass is 398 g/mol. The first-order valence-corrected chi connectivity index (χ1v) is 10.0. The molecule has 146 valence electrons. The van der Waals surface area contributed by atoms with Crippen LogP contribution in [-0.2, 0) is 11.3 Å². The first kappa shape index (κ1) is 18.6. The lowest BCUT2D eigenvalue weighted by molar-refractivity contribution is 0.0603. The fraction of sp³-hybridized carbons (Fsp3) is 0.350. The lowest BCUT2D eigenvalue weighted by atomic mass is 9.92. The van der Waals surface area contributed by atoms with Crippen molar-refractivity contribution in [3.05, 3.63) is 52.2 Å². The molecule has 1 aliphatic heterocycles. The number of primary amides is 1. The van der Waals surface area contributed by atoms with E-state index in [1.54, 1.807) is 0 Å². The van der Waals surface area contributed by atoms with Gasteiger partial charge in [0, 0.05) is 23.7 Å². The first-order chi connectivity index (χ1) is 13.6. The number of benzene rings is 1. The number of nitrogens with one attached hydrogen (secondary N) is 1. The van der Waals surface area contributed by atoms with Gasteiger partial charge in [-0.15, -0.1) is 11.3 Å². The van der Waals surface area contributed by atoms with Crippen LogP contribution in [0.15, 0.2) is 30.5 Å². The normalized spacial score (nSPS) is 17.7. The molecule has 3 heterocycles. The number of thiophene rings is 1. The van der Waals surface area contributed by atoms with Gasteiger partial charge in [-0.05, 0) is 36.4 Å². The van der Waals surface area contributed by atoms with E-state index in [-0.39, 0.29) is 11.9 Å². The zero-order valence-corrected chi connectivity index (χ0v) is 16.4. The minimum Gasteiger partial charge on any atom is -0.465 e. The molecule has 1 aromatic carbocycles. The van der Waals surface area contributed by atoms with Crippen LogP contribution in [0.1, 0.15) is 50.0 Å². The summed E-state index contributed by atoms with van der Waals surface area (Å²) in [6, 6.07) is 8.04. The average Bonchev–Trinajstić information content (AvgIpc) is 3.33. The lowest BCUT2D eigenvalue weighted by Crippen LogP contribution is -2.35. The van der Waals surface area contributed by atoms with Crippen molar-refractivity contribution in [2.75, 3.05) is 20.2 Å². The highest BCUT2D eigenvalue weighted by Gasteiger charge is 2.28. The topological polar surface area (TPSA) is 101 Å². The van der Waals surface area contributed by atoms with Gasteiger partial charge >= 0.3 is 5.97 Å². The number of nitrogens with zero attached hydrogens (tertiary/aromatic N) is 2. The molecule has 1 atom stereocenters. The highest BCUT2D eigenvalue weighted by Crippen LogP contribution is 2.35. The minimum atomic E-state index is -0.460. The van der Waals surface area contributed by atoms with Crippen LogP contribution in [0.5, 0.6) is 0 Å². The van der Waals surface area contributed by atoms with E-state index in [0.717, 1.165) is 47.3 Å². The predicted molar refractivity (Wildman–Crippen MR) is 108 cm³/mol. The largest absolute Gasteiger partial charge is 0.465 e. The molecular formula is C20H22N4O3S. The van der Waals surface area contributed by atoms with Crippen molar-refractivity contribution in [1.29, 1.82) is 0 Å². The van der Waals surface area contributed by atoms with Gasteiger partial charge in [-0.1, -0.05) is 18.2 Å². The first-order valence-electron chi connectivity index (χ1n) is 9.22. The van der Waals surface area contributed by atoms with Crippen LogP contribution in [0.3, 0.4) is 0 Å². The second kappa shape index (κ2) is 7.73. The summed E-state index contributed by atoms with van der Waals surface area (Å²) in [7, 11) is 1.41. The highest BCUT2D eigenvalue weighted by atomic mass is 32.1. The number of aromatic nitrogens is 2. The zero-order chi connectivity index (χ0) is 19.7. The molecule has 7 nitrogen and oxygen atoms in total. The zero-order valence-electron chi connectivity index (χ0n) is 15.6. The van der Waals surface area contributed by atoms with E-state index in [9.17, 15) is 9.59 Å². The van der Waals surface area contributed by atoms with Crippen LogP contribution in [-0.4, -0.2) is 47.2 Å². The van der Waals surface area contributed by atoms with E-state index in [1.807, 2.05) is 18.2 Å². The van der Waals surface area contributed by atoms with Crippen LogP contribution in [0, 0.1) is 0 Å². The van der Waals surface area contributed by atoms with E-state index < -0.39 is 5.91 Å². The van der Waals surface area contributed by atoms with Crippen molar-refractivity contribution >= 4 is 33.3 Å². The van der Waals surface area contributed by atoms with Gasteiger partial charge in [0.05, 0.1) is 24.6 Å². The molecule has 0 unspecified atom stereocenters. The molecule has 0 aliphatic carbocycles. The Kier molecular flexibility index (Phi) is 5.15. The van der Waals surface area contributed by atoms with Gasteiger partial charge in [-0.25, -0.2) is 4.79 Å². The number of carbonyl (C=O) groups is 2. The van der Waals surface area contributed by atoms with Gasteiger partial charge in [-0.3, -0.25) is 14.8 Å². The Balaban J connectivity index is 1.61. The summed E-state index contributed by atoms with van der Waals surface area (Å²) in [6.45, 7) is 2.36. The maximum absolute atomic E-state index is 12.3. The van der Waals surface area contributed by atoms with Gasteiger partial charge in [0.2, 0.25) is 0 Å². The van der Waals surface area contributed by atoms with E-state index >= 15 is 0 Å². The van der Waals surface area contributed by atoms with E-state index in [4.69, 9.17) is 10.5 Å². The van der Waals surface area contributed by atoms with Crippen molar-refractivity contribution in [3.8, 4) is 0 Å². The number of hydrogen-bond acceptors (Lipinski definition) is 6. The van der Waals surface area contributed by atoms with Crippen molar-refractivity contribution < 1.29 is 14.3 Å². The number of carbonyl (C=O) groups excluding carboxylic acids is 2. The fourth-order valence-electron chi connectivity index (χ4n) is 3.98. The molecule has 1 aliphatic rings. The smallest absolute Gasteiger partial charge is 0.348 e. The molecule has 3 aromatic rings. The quantitative estimate of drug-likeness (QED) is 0.644. The SMILES string of the molecule is COC(=O)c1sc2ccccc2c1CN1CCC[C@H](c2[nH]ncc2C(N)=O)C1. The Bertz CT molecular complexity index is 1030. The summed E-state index contributed by atoms with van der Waals surface area (Å²) in [5.41, 5.74) is 7.75. The average molecular weight is 398 g/mol. The molecule has 4 rings (SSSR count). The Hall–Kier alpha value is -2.71. The molecule has 2 aromatic heterocycles. The van der Waals surface area contributed by atoms with Crippen molar-refractivity contribution in [1.82, 2.24) is 15.1 Å². The van der Waals surface area contributed by atoms with Gasteiger partial charge < -0.3 is 10.5 Å². The molecular weight excluding hydrogens is 376 g/mol. The van der Waals surface area contributed by atoms with Crippen LogP contribution in [0.25, 0.3) is 10.1 Å². The van der Waals surface area contributed by atoms with Gasteiger partial charge in [-0.2, -0.15) is 5.10 Å². The van der Waals surface area contributed by atoms with Crippen LogP contribution in [0.2, 0.25) is 0 Å². The van der Waals surface area contributed by atoms with Crippen molar-refractivity contribution in [2.45, 2.75) is 25.3 Å². The van der Waals surface area contributed by atoms with Gasteiger partial charge in [0.25, 0.3) is 5.91 Å². The third-order valence-electron chi connectivity index (χ3n) is 5.30. The predicted octanol–water partition coefficient (Wildman–Crippen LogP) is 2.89. The number of esters is 1. The number of methoxy groups -OCH3 is 1. The number of aromatic amines is 1. The summed E-state index contributed by atoms with van der Waals surface area (Å²) < 4.78 is 6.09.